The third kappa shape index (κ3) is 2.88. The number of amides is 2. The molecule has 3 N–H and O–H groups in total. The van der Waals surface area contributed by atoms with E-state index < -0.39 is 18.0 Å². The van der Waals surface area contributed by atoms with E-state index in [9.17, 15) is 9.59 Å². The van der Waals surface area contributed by atoms with Crippen LogP contribution in [-0.4, -0.2) is 43.0 Å². The van der Waals surface area contributed by atoms with E-state index >= 15 is 0 Å². The molecule has 7 nitrogen and oxygen atoms in total. The third-order valence-electron chi connectivity index (χ3n) is 1.36. The third-order valence-corrected chi connectivity index (χ3v) is 1.36. The van der Waals surface area contributed by atoms with Gasteiger partial charge in [0.05, 0.1) is 6.61 Å². The maximum absolute atomic E-state index is 10.8. The predicted molar refractivity (Wildman–Crippen MR) is 39.5 cm³/mol. The van der Waals surface area contributed by atoms with Crippen LogP contribution in [-0.2, 0) is 14.4 Å². The van der Waals surface area contributed by atoms with Crippen LogP contribution < -0.4 is 10.8 Å². The van der Waals surface area contributed by atoms with Gasteiger partial charge >= 0.3 is 6.09 Å². The van der Waals surface area contributed by atoms with Crippen LogP contribution in [0.2, 0.25) is 0 Å². The molecule has 1 aliphatic rings. The van der Waals surface area contributed by atoms with Crippen LogP contribution in [0.1, 0.15) is 0 Å². The molecule has 1 heterocycles. The van der Waals surface area contributed by atoms with Crippen LogP contribution in [0.3, 0.4) is 0 Å². The normalized spacial score (nSPS) is 21.0. The predicted octanol–water partition coefficient (Wildman–Crippen LogP) is -1.87. The van der Waals surface area contributed by atoms with Crippen LogP contribution in [0.5, 0.6) is 0 Å². The molecule has 1 aliphatic heterocycles. The highest BCUT2D eigenvalue weighted by molar-refractivity contribution is 5.86. The highest BCUT2D eigenvalue weighted by Gasteiger charge is 2.27. The van der Waals surface area contributed by atoms with E-state index in [0.717, 1.165) is 0 Å². The summed E-state index contributed by atoms with van der Waals surface area (Å²) in [6.45, 7) is -0.269. The lowest BCUT2D eigenvalue weighted by atomic mass is 10.3. The summed E-state index contributed by atoms with van der Waals surface area (Å²) in [5, 5.41) is 10.6. The van der Waals surface area contributed by atoms with Gasteiger partial charge in [-0.1, -0.05) is 0 Å². The number of aliphatic hydroxyl groups is 1. The molecule has 1 fully saturated rings. The molecule has 74 valence electrons. The Kier molecular flexibility index (Phi) is 3.47. The first-order valence-electron chi connectivity index (χ1n) is 3.70. The smallest absolute Gasteiger partial charge is 0.407 e. The SMILES string of the molecule is O=C(N[C@@H]1CONC1=O)OCCO. The Hall–Kier alpha value is -1.34. The van der Waals surface area contributed by atoms with Crippen LogP contribution >= 0.6 is 0 Å². The van der Waals surface area contributed by atoms with Gasteiger partial charge in [-0.2, -0.15) is 0 Å². The molecule has 0 unspecified atom stereocenters. The molecule has 0 bridgehead atoms. The zero-order valence-corrected chi connectivity index (χ0v) is 6.78. The maximum Gasteiger partial charge on any atom is 0.407 e. The average molecular weight is 190 g/mol. The van der Waals surface area contributed by atoms with Gasteiger partial charge in [-0.3, -0.25) is 9.63 Å². The van der Waals surface area contributed by atoms with Gasteiger partial charge in [0, 0.05) is 0 Å². The summed E-state index contributed by atoms with van der Waals surface area (Å²) in [5.74, 6) is -0.416. The van der Waals surface area contributed by atoms with Crippen molar-refractivity contribution in [2.45, 2.75) is 6.04 Å². The van der Waals surface area contributed by atoms with E-state index in [1.165, 1.54) is 0 Å². The van der Waals surface area contributed by atoms with Gasteiger partial charge in [0.2, 0.25) is 0 Å². The Morgan fingerprint density at radius 1 is 1.85 bits per heavy atom. The number of carbonyl (C=O) groups excluding carboxylic acids is 2. The molecular formula is C6H10N2O5. The second-order valence-corrected chi connectivity index (χ2v) is 2.33. The zero-order valence-electron chi connectivity index (χ0n) is 6.78. The van der Waals surface area contributed by atoms with Crippen LogP contribution in [0.4, 0.5) is 4.79 Å². The minimum Gasteiger partial charge on any atom is -0.447 e. The topological polar surface area (TPSA) is 96.9 Å². The van der Waals surface area contributed by atoms with E-state index in [2.05, 4.69) is 20.4 Å². The van der Waals surface area contributed by atoms with Gasteiger partial charge in [0.15, 0.2) is 0 Å². The van der Waals surface area contributed by atoms with Gasteiger partial charge < -0.3 is 15.2 Å². The fourth-order valence-corrected chi connectivity index (χ4v) is 0.772. The van der Waals surface area contributed by atoms with Crippen molar-refractivity contribution in [1.29, 1.82) is 0 Å². The van der Waals surface area contributed by atoms with Crippen LogP contribution in [0.15, 0.2) is 0 Å². The Morgan fingerprint density at radius 2 is 2.62 bits per heavy atom. The van der Waals surface area contributed by atoms with Gasteiger partial charge in [0.1, 0.15) is 19.3 Å². The number of nitrogens with one attached hydrogen (secondary N) is 2. The average Bonchev–Trinajstić information content (AvgIpc) is 2.48. The monoisotopic (exact) mass is 190 g/mol. The fraction of sp³-hybridized carbons (Fsp3) is 0.667. The molecule has 0 aromatic heterocycles. The number of rotatable bonds is 3. The van der Waals surface area contributed by atoms with Crippen molar-refractivity contribution in [3.63, 3.8) is 0 Å². The van der Waals surface area contributed by atoms with Gasteiger partial charge in [-0.25, -0.2) is 10.3 Å². The number of alkyl carbamates (subject to hydrolysis) is 1. The summed E-state index contributed by atoms with van der Waals surface area (Å²) in [5.41, 5.74) is 2.07. The van der Waals surface area contributed by atoms with Crippen molar-refractivity contribution in [2.24, 2.45) is 0 Å². The highest BCUT2D eigenvalue weighted by Crippen LogP contribution is 1.94. The minimum atomic E-state index is -0.750. The number of carbonyl (C=O) groups is 2. The Bertz CT molecular complexity index is 207. The van der Waals surface area contributed by atoms with Crippen molar-refractivity contribution in [2.75, 3.05) is 19.8 Å². The van der Waals surface area contributed by atoms with E-state index in [1.807, 2.05) is 0 Å². The lowest BCUT2D eigenvalue weighted by Gasteiger charge is -2.07. The molecule has 1 saturated heterocycles. The van der Waals surface area contributed by atoms with E-state index in [1.54, 1.807) is 0 Å². The largest absolute Gasteiger partial charge is 0.447 e. The molecule has 0 saturated carbocycles. The molecule has 0 spiro atoms. The van der Waals surface area contributed by atoms with Crippen molar-refractivity contribution in [3.8, 4) is 0 Å². The Balaban J connectivity index is 2.23. The highest BCUT2D eigenvalue weighted by atomic mass is 16.7. The Labute approximate surface area is 74.0 Å². The Morgan fingerprint density at radius 3 is 3.15 bits per heavy atom. The number of ether oxygens (including phenoxy) is 1. The first-order valence-corrected chi connectivity index (χ1v) is 3.70. The van der Waals surface area contributed by atoms with Crippen molar-refractivity contribution >= 4 is 12.0 Å². The number of aliphatic hydroxyl groups excluding tert-OH is 1. The molecule has 0 aromatic rings. The molecule has 0 aromatic carbocycles. The molecule has 1 atom stereocenters. The quantitative estimate of drug-likeness (QED) is 0.484. The van der Waals surface area contributed by atoms with Gasteiger partial charge in [-0.15, -0.1) is 0 Å². The summed E-state index contributed by atoms with van der Waals surface area (Å²) in [6.07, 6.45) is -0.750. The standard InChI is InChI=1S/C6H10N2O5/c9-1-2-12-6(11)7-4-3-13-8-5(4)10/h4,9H,1-3H2,(H,7,11)(H,8,10)/t4-/m1/s1. The van der Waals surface area contributed by atoms with Gasteiger partial charge in [-0.05, 0) is 0 Å². The summed E-state index contributed by atoms with van der Waals surface area (Å²) >= 11 is 0. The van der Waals surface area contributed by atoms with Crippen LogP contribution in [0.25, 0.3) is 0 Å². The summed E-state index contributed by atoms with van der Waals surface area (Å²) in [7, 11) is 0. The maximum atomic E-state index is 10.8. The second kappa shape index (κ2) is 4.63. The van der Waals surface area contributed by atoms with Crippen molar-refractivity contribution < 1.29 is 24.3 Å². The molecule has 0 radical (unpaired) electrons. The fourth-order valence-electron chi connectivity index (χ4n) is 0.772. The molecule has 2 amide bonds. The lowest BCUT2D eigenvalue weighted by Crippen LogP contribution is -2.42. The van der Waals surface area contributed by atoms with E-state index in [4.69, 9.17) is 5.11 Å². The summed E-state index contributed by atoms with van der Waals surface area (Å²) in [4.78, 5) is 26.2. The summed E-state index contributed by atoms with van der Waals surface area (Å²) in [6, 6.07) is -0.716. The molecule has 0 aliphatic carbocycles. The first kappa shape index (κ1) is 9.75. The van der Waals surface area contributed by atoms with Crippen molar-refractivity contribution in [1.82, 2.24) is 10.8 Å². The van der Waals surface area contributed by atoms with Gasteiger partial charge in [0.25, 0.3) is 5.91 Å². The number of hydrogen-bond donors (Lipinski definition) is 3. The van der Waals surface area contributed by atoms with Crippen LogP contribution in [0, 0.1) is 0 Å². The number of hydroxylamine groups is 1. The first-order chi connectivity index (χ1) is 6.24. The lowest BCUT2D eigenvalue weighted by molar-refractivity contribution is -0.125. The van der Waals surface area contributed by atoms with E-state index in [-0.39, 0.29) is 19.8 Å². The van der Waals surface area contributed by atoms with E-state index in [0.29, 0.717) is 0 Å². The minimum absolute atomic E-state index is 0.0764. The molecule has 1 rings (SSSR count). The second-order valence-electron chi connectivity index (χ2n) is 2.33. The number of hydrogen-bond acceptors (Lipinski definition) is 5. The van der Waals surface area contributed by atoms with Crippen molar-refractivity contribution in [3.05, 3.63) is 0 Å². The zero-order chi connectivity index (χ0) is 9.68. The molecule has 13 heavy (non-hydrogen) atoms. The molecular weight excluding hydrogens is 180 g/mol. The summed E-state index contributed by atoms with van der Waals surface area (Å²) < 4.78 is 4.47. The molecule has 7 heteroatoms.